The topological polar surface area (TPSA) is 30.7 Å². The Morgan fingerprint density at radius 3 is 2.79 bits per heavy atom. The van der Waals surface area contributed by atoms with Gasteiger partial charge in [-0.2, -0.15) is 0 Å². The zero-order valence-electron chi connectivity index (χ0n) is 9.03. The van der Waals surface area contributed by atoms with Crippen LogP contribution in [-0.2, 0) is 6.54 Å². The van der Waals surface area contributed by atoms with E-state index in [-0.39, 0.29) is 0 Å². The smallest absolute Gasteiger partial charge is 0.191 e. The summed E-state index contributed by atoms with van der Waals surface area (Å²) in [6, 6.07) is 0. The number of thioether (sulfide) groups is 1. The molecule has 4 heteroatoms. The van der Waals surface area contributed by atoms with Crippen molar-refractivity contribution in [2.24, 2.45) is 5.92 Å². The predicted molar refractivity (Wildman–Crippen MR) is 60.5 cm³/mol. The minimum atomic E-state index is 0.675. The van der Waals surface area contributed by atoms with Gasteiger partial charge in [-0.1, -0.05) is 31.7 Å². The lowest BCUT2D eigenvalue weighted by Crippen LogP contribution is -2.01. The first-order valence-electron chi connectivity index (χ1n) is 4.78. The molecular weight excluding hydrogens is 194 g/mol. The highest BCUT2D eigenvalue weighted by molar-refractivity contribution is 7.99. The zero-order chi connectivity index (χ0) is 10.6. The summed E-state index contributed by atoms with van der Waals surface area (Å²) in [5.41, 5.74) is 0. The van der Waals surface area contributed by atoms with Gasteiger partial charge in [0.25, 0.3) is 0 Å². The van der Waals surface area contributed by atoms with Gasteiger partial charge in [0.05, 0.1) is 0 Å². The summed E-state index contributed by atoms with van der Waals surface area (Å²) < 4.78 is 2.08. The maximum Gasteiger partial charge on any atom is 0.191 e. The van der Waals surface area contributed by atoms with E-state index in [9.17, 15) is 0 Å². The van der Waals surface area contributed by atoms with Crippen molar-refractivity contribution in [3.63, 3.8) is 0 Å². The first kappa shape index (κ1) is 11.3. The molecule has 14 heavy (non-hydrogen) atoms. The average Bonchev–Trinajstić information content (AvgIpc) is 2.46. The average molecular weight is 211 g/mol. The van der Waals surface area contributed by atoms with E-state index < -0.39 is 0 Å². The first-order valence-corrected chi connectivity index (χ1v) is 5.77. The van der Waals surface area contributed by atoms with E-state index in [0.717, 1.165) is 23.3 Å². The maximum atomic E-state index is 4.13. The van der Waals surface area contributed by atoms with Crippen LogP contribution in [0.2, 0.25) is 0 Å². The fraction of sp³-hybridized carbons (Fsp3) is 0.600. The summed E-state index contributed by atoms with van der Waals surface area (Å²) in [5.74, 6) is 2.71. The SMILES string of the molecule is C=CCn1c(C)nnc1SCC(C)C. The van der Waals surface area contributed by atoms with Gasteiger partial charge < -0.3 is 4.57 Å². The molecule has 0 saturated heterocycles. The monoisotopic (exact) mass is 211 g/mol. The number of allylic oxidation sites excluding steroid dienone is 1. The van der Waals surface area contributed by atoms with Crippen molar-refractivity contribution in [2.75, 3.05) is 5.75 Å². The minimum Gasteiger partial charge on any atom is -0.302 e. The molecule has 0 aliphatic carbocycles. The van der Waals surface area contributed by atoms with Crippen molar-refractivity contribution in [1.29, 1.82) is 0 Å². The van der Waals surface area contributed by atoms with Gasteiger partial charge in [-0.3, -0.25) is 0 Å². The highest BCUT2D eigenvalue weighted by Gasteiger charge is 2.08. The number of hydrogen-bond donors (Lipinski definition) is 0. The van der Waals surface area contributed by atoms with Crippen LogP contribution in [0.15, 0.2) is 17.8 Å². The normalized spacial score (nSPS) is 10.9. The van der Waals surface area contributed by atoms with Crippen molar-refractivity contribution in [2.45, 2.75) is 32.5 Å². The molecule has 0 fully saturated rings. The van der Waals surface area contributed by atoms with Crippen molar-refractivity contribution in [1.82, 2.24) is 14.8 Å². The van der Waals surface area contributed by atoms with Gasteiger partial charge in [0.1, 0.15) is 5.82 Å². The van der Waals surface area contributed by atoms with Crippen LogP contribution in [0.4, 0.5) is 0 Å². The van der Waals surface area contributed by atoms with Crippen LogP contribution in [-0.4, -0.2) is 20.5 Å². The molecule has 1 aromatic rings. The van der Waals surface area contributed by atoms with Crippen LogP contribution in [0.25, 0.3) is 0 Å². The molecule has 0 saturated carbocycles. The van der Waals surface area contributed by atoms with E-state index in [1.807, 2.05) is 13.0 Å². The molecule has 0 radical (unpaired) electrons. The second kappa shape index (κ2) is 5.20. The standard InChI is InChI=1S/C10H17N3S/c1-5-6-13-9(4)11-12-10(13)14-7-8(2)3/h5,8H,1,6-7H2,2-4H3. The first-order chi connectivity index (χ1) is 6.65. The summed E-state index contributed by atoms with van der Waals surface area (Å²) in [5, 5.41) is 9.19. The van der Waals surface area contributed by atoms with E-state index in [4.69, 9.17) is 0 Å². The molecule has 0 bridgehead atoms. The Labute approximate surface area is 89.6 Å². The Balaban J connectivity index is 2.70. The molecule has 0 aliphatic rings. The molecule has 1 rings (SSSR count). The second-order valence-electron chi connectivity index (χ2n) is 3.63. The zero-order valence-corrected chi connectivity index (χ0v) is 9.84. The summed E-state index contributed by atoms with van der Waals surface area (Å²) in [4.78, 5) is 0. The molecular formula is C10H17N3S. The summed E-state index contributed by atoms with van der Waals surface area (Å²) in [7, 11) is 0. The Morgan fingerprint density at radius 1 is 1.50 bits per heavy atom. The highest BCUT2D eigenvalue weighted by Crippen LogP contribution is 2.19. The quantitative estimate of drug-likeness (QED) is 0.554. The fourth-order valence-corrected chi connectivity index (χ4v) is 1.99. The lowest BCUT2D eigenvalue weighted by Gasteiger charge is -2.06. The van der Waals surface area contributed by atoms with Crippen LogP contribution in [0, 0.1) is 12.8 Å². The minimum absolute atomic E-state index is 0.675. The number of aromatic nitrogens is 3. The summed E-state index contributed by atoms with van der Waals surface area (Å²) in [6.07, 6.45) is 1.87. The second-order valence-corrected chi connectivity index (χ2v) is 4.62. The Morgan fingerprint density at radius 2 is 2.21 bits per heavy atom. The number of aryl methyl sites for hydroxylation is 1. The largest absolute Gasteiger partial charge is 0.302 e. The third-order valence-corrected chi connectivity index (χ3v) is 3.15. The third kappa shape index (κ3) is 2.87. The Kier molecular flexibility index (Phi) is 4.20. The maximum absolute atomic E-state index is 4.13. The summed E-state index contributed by atoms with van der Waals surface area (Å²) >= 11 is 1.76. The van der Waals surface area contributed by atoms with Crippen LogP contribution in [0.5, 0.6) is 0 Å². The molecule has 0 atom stereocenters. The lowest BCUT2D eigenvalue weighted by molar-refractivity contribution is 0.696. The summed E-state index contributed by atoms with van der Waals surface area (Å²) in [6.45, 7) is 10.9. The fourth-order valence-electron chi connectivity index (χ4n) is 1.05. The molecule has 1 aromatic heterocycles. The van der Waals surface area contributed by atoms with Crippen molar-refractivity contribution < 1.29 is 0 Å². The van der Waals surface area contributed by atoms with Gasteiger partial charge in [0.2, 0.25) is 0 Å². The van der Waals surface area contributed by atoms with E-state index in [1.165, 1.54) is 0 Å². The number of rotatable bonds is 5. The lowest BCUT2D eigenvalue weighted by atomic mass is 10.3. The van der Waals surface area contributed by atoms with E-state index in [1.54, 1.807) is 11.8 Å². The van der Waals surface area contributed by atoms with Crippen LogP contribution >= 0.6 is 11.8 Å². The molecule has 0 aliphatic heterocycles. The van der Waals surface area contributed by atoms with E-state index in [0.29, 0.717) is 5.92 Å². The van der Waals surface area contributed by atoms with Crippen LogP contribution < -0.4 is 0 Å². The third-order valence-electron chi connectivity index (χ3n) is 1.76. The molecule has 0 spiro atoms. The molecule has 0 N–H and O–H groups in total. The van der Waals surface area contributed by atoms with E-state index in [2.05, 4.69) is 35.2 Å². The number of hydrogen-bond acceptors (Lipinski definition) is 3. The van der Waals surface area contributed by atoms with Crippen molar-refractivity contribution >= 4 is 11.8 Å². The molecule has 0 unspecified atom stereocenters. The van der Waals surface area contributed by atoms with Gasteiger partial charge in [0.15, 0.2) is 5.16 Å². The molecule has 3 nitrogen and oxygen atoms in total. The van der Waals surface area contributed by atoms with Crippen molar-refractivity contribution in [3.05, 3.63) is 18.5 Å². The Hall–Kier alpha value is -0.770. The molecule has 0 amide bonds. The van der Waals surface area contributed by atoms with E-state index >= 15 is 0 Å². The molecule has 1 heterocycles. The van der Waals surface area contributed by atoms with Gasteiger partial charge in [-0.25, -0.2) is 0 Å². The molecule has 78 valence electrons. The van der Waals surface area contributed by atoms with Crippen molar-refractivity contribution in [3.8, 4) is 0 Å². The predicted octanol–water partition coefficient (Wildman–Crippen LogP) is 2.52. The van der Waals surface area contributed by atoms with Gasteiger partial charge >= 0.3 is 0 Å². The van der Waals surface area contributed by atoms with Gasteiger partial charge in [0, 0.05) is 12.3 Å². The number of nitrogens with zero attached hydrogens (tertiary/aromatic N) is 3. The molecule has 0 aromatic carbocycles. The van der Waals surface area contributed by atoms with Gasteiger partial charge in [-0.05, 0) is 12.8 Å². The highest BCUT2D eigenvalue weighted by atomic mass is 32.2. The van der Waals surface area contributed by atoms with Crippen LogP contribution in [0.1, 0.15) is 19.7 Å². The van der Waals surface area contributed by atoms with Gasteiger partial charge in [-0.15, -0.1) is 16.8 Å². The Bertz CT molecular complexity index is 304. The van der Waals surface area contributed by atoms with Crippen LogP contribution in [0.3, 0.4) is 0 Å².